The first-order chi connectivity index (χ1) is 9.41. The van der Waals surface area contributed by atoms with Crippen LogP contribution in [0.1, 0.15) is 18.1 Å². The van der Waals surface area contributed by atoms with E-state index in [1.807, 2.05) is 14.0 Å². The Labute approximate surface area is 115 Å². The molecule has 0 aliphatic carbocycles. The number of nitrogens with one attached hydrogen (secondary N) is 2. The molecule has 1 atom stereocenters. The molecule has 1 aromatic heterocycles. The van der Waals surface area contributed by atoms with E-state index in [0.717, 1.165) is 17.7 Å². The van der Waals surface area contributed by atoms with Crippen molar-refractivity contribution in [2.75, 3.05) is 7.05 Å². The topological polar surface area (TPSA) is 40.7 Å². The van der Waals surface area contributed by atoms with Gasteiger partial charge in [-0.15, -0.1) is 0 Å². The molecule has 2 rings (SSSR count). The maximum Gasteiger partial charge on any atom is 0.416 e. The maximum absolute atomic E-state index is 12.7. The maximum atomic E-state index is 12.7. The van der Waals surface area contributed by atoms with E-state index in [4.69, 9.17) is 0 Å². The molecule has 20 heavy (non-hydrogen) atoms. The molecular weight excluding hydrogens is 267 g/mol. The zero-order valence-corrected chi connectivity index (χ0v) is 11.3. The number of benzene rings is 1. The molecule has 0 radical (unpaired) electrons. The Morgan fingerprint density at radius 2 is 2.10 bits per heavy atom. The van der Waals surface area contributed by atoms with E-state index >= 15 is 0 Å². The number of hydrogen-bond acceptors (Lipinski definition) is 2. The SMILES string of the molecule is CNC(C)Cc1cn[nH]c1-c1cccc(C(F)(F)F)c1. The first kappa shape index (κ1) is 14.6. The van der Waals surface area contributed by atoms with Crippen LogP contribution in [0.15, 0.2) is 30.5 Å². The normalized spacial score (nSPS) is 13.4. The molecule has 108 valence electrons. The quantitative estimate of drug-likeness (QED) is 0.904. The van der Waals surface area contributed by atoms with Crippen LogP contribution in [0.4, 0.5) is 13.2 Å². The van der Waals surface area contributed by atoms with Crippen molar-refractivity contribution in [3.8, 4) is 11.3 Å². The fourth-order valence-electron chi connectivity index (χ4n) is 2.00. The van der Waals surface area contributed by atoms with Gasteiger partial charge in [0.05, 0.1) is 17.5 Å². The minimum Gasteiger partial charge on any atom is -0.317 e. The summed E-state index contributed by atoms with van der Waals surface area (Å²) in [6, 6.07) is 5.48. The lowest BCUT2D eigenvalue weighted by Crippen LogP contribution is -2.23. The molecule has 1 unspecified atom stereocenters. The van der Waals surface area contributed by atoms with Crippen molar-refractivity contribution in [1.29, 1.82) is 0 Å². The van der Waals surface area contributed by atoms with Crippen LogP contribution >= 0.6 is 0 Å². The van der Waals surface area contributed by atoms with E-state index in [2.05, 4.69) is 15.5 Å². The second-order valence-electron chi connectivity index (χ2n) is 4.74. The highest BCUT2D eigenvalue weighted by Crippen LogP contribution is 2.32. The Morgan fingerprint density at radius 3 is 2.75 bits per heavy atom. The molecule has 1 heterocycles. The largest absolute Gasteiger partial charge is 0.416 e. The summed E-state index contributed by atoms with van der Waals surface area (Å²) < 4.78 is 38.2. The molecule has 2 N–H and O–H groups in total. The molecule has 0 bridgehead atoms. The van der Waals surface area contributed by atoms with Gasteiger partial charge in [-0.1, -0.05) is 12.1 Å². The summed E-state index contributed by atoms with van der Waals surface area (Å²) in [5, 5.41) is 9.82. The summed E-state index contributed by atoms with van der Waals surface area (Å²) in [6.45, 7) is 2.00. The molecule has 2 aromatic rings. The van der Waals surface area contributed by atoms with Crippen molar-refractivity contribution in [2.24, 2.45) is 0 Å². The number of aromatic nitrogens is 2. The lowest BCUT2D eigenvalue weighted by atomic mass is 10.0. The van der Waals surface area contributed by atoms with E-state index in [1.165, 1.54) is 6.07 Å². The molecule has 0 fully saturated rings. The highest BCUT2D eigenvalue weighted by atomic mass is 19.4. The summed E-state index contributed by atoms with van der Waals surface area (Å²) >= 11 is 0. The summed E-state index contributed by atoms with van der Waals surface area (Å²) in [7, 11) is 1.84. The van der Waals surface area contributed by atoms with Crippen LogP contribution in [0, 0.1) is 0 Å². The van der Waals surface area contributed by atoms with E-state index in [-0.39, 0.29) is 6.04 Å². The van der Waals surface area contributed by atoms with Crippen molar-refractivity contribution in [2.45, 2.75) is 25.6 Å². The number of nitrogens with zero attached hydrogens (tertiary/aromatic N) is 1. The van der Waals surface area contributed by atoms with Crippen LogP contribution < -0.4 is 5.32 Å². The average molecular weight is 283 g/mol. The standard InChI is InChI=1S/C14H16F3N3/c1-9(18-2)6-11-8-19-20-13(11)10-4-3-5-12(7-10)14(15,16)17/h3-5,7-9,18H,6H2,1-2H3,(H,19,20). The number of H-pyrrole nitrogens is 1. The van der Waals surface area contributed by atoms with Crippen LogP contribution in [0.5, 0.6) is 0 Å². The predicted octanol–water partition coefficient (Wildman–Crippen LogP) is 3.25. The molecular formula is C14H16F3N3. The summed E-state index contributed by atoms with van der Waals surface area (Å²) in [6.07, 6.45) is -1.99. The van der Waals surface area contributed by atoms with Gasteiger partial charge in [0.15, 0.2) is 0 Å². The van der Waals surface area contributed by atoms with Crippen molar-refractivity contribution >= 4 is 0 Å². The minimum atomic E-state index is -4.34. The second-order valence-corrected chi connectivity index (χ2v) is 4.74. The van der Waals surface area contributed by atoms with E-state index < -0.39 is 11.7 Å². The number of rotatable bonds is 4. The minimum absolute atomic E-state index is 0.220. The Kier molecular flexibility index (Phi) is 4.13. The van der Waals surface area contributed by atoms with Gasteiger partial charge in [-0.3, -0.25) is 5.10 Å². The van der Waals surface area contributed by atoms with Crippen LogP contribution in [0.2, 0.25) is 0 Å². The molecule has 1 aromatic carbocycles. The number of alkyl halides is 3. The van der Waals surface area contributed by atoms with Gasteiger partial charge >= 0.3 is 6.18 Å². The Bertz CT molecular complexity index is 575. The Balaban J connectivity index is 2.35. The average Bonchev–Trinajstić information content (AvgIpc) is 2.86. The van der Waals surface area contributed by atoms with Crippen LogP contribution in [0.3, 0.4) is 0 Å². The predicted molar refractivity (Wildman–Crippen MR) is 71.3 cm³/mol. The van der Waals surface area contributed by atoms with Gasteiger partial charge in [0.2, 0.25) is 0 Å². The third-order valence-electron chi connectivity index (χ3n) is 3.22. The molecule has 0 spiro atoms. The van der Waals surface area contributed by atoms with Gasteiger partial charge in [0, 0.05) is 11.6 Å². The number of likely N-dealkylation sites (N-methyl/N-ethyl adjacent to an activating group) is 1. The first-order valence-corrected chi connectivity index (χ1v) is 6.29. The Hall–Kier alpha value is -1.82. The van der Waals surface area contributed by atoms with Gasteiger partial charge in [-0.05, 0) is 38.1 Å². The molecule has 0 saturated carbocycles. The van der Waals surface area contributed by atoms with Gasteiger partial charge < -0.3 is 5.32 Å². The Morgan fingerprint density at radius 1 is 1.35 bits per heavy atom. The first-order valence-electron chi connectivity index (χ1n) is 6.29. The lowest BCUT2D eigenvalue weighted by Gasteiger charge is -2.11. The molecule has 0 saturated heterocycles. The number of aromatic amines is 1. The zero-order chi connectivity index (χ0) is 14.8. The third-order valence-corrected chi connectivity index (χ3v) is 3.22. The van der Waals surface area contributed by atoms with Crippen molar-refractivity contribution in [3.05, 3.63) is 41.6 Å². The monoisotopic (exact) mass is 283 g/mol. The molecule has 0 aliphatic heterocycles. The van der Waals surface area contributed by atoms with E-state index in [9.17, 15) is 13.2 Å². The lowest BCUT2D eigenvalue weighted by molar-refractivity contribution is -0.137. The molecule has 0 amide bonds. The van der Waals surface area contributed by atoms with Crippen LogP contribution in [-0.2, 0) is 12.6 Å². The van der Waals surface area contributed by atoms with Crippen LogP contribution in [-0.4, -0.2) is 23.3 Å². The van der Waals surface area contributed by atoms with Gasteiger partial charge in [0.1, 0.15) is 0 Å². The van der Waals surface area contributed by atoms with Crippen molar-refractivity contribution < 1.29 is 13.2 Å². The number of hydrogen-bond donors (Lipinski definition) is 2. The summed E-state index contributed by atoms with van der Waals surface area (Å²) in [5.74, 6) is 0. The zero-order valence-electron chi connectivity index (χ0n) is 11.3. The highest BCUT2D eigenvalue weighted by molar-refractivity contribution is 5.63. The van der Waals surface area contributed by atoms with E-state index in [1.54, 1.807) is 12.3 Å². The highest BCUT2D eigenvalue weighted by Gasteiger charge is 2.30. The van der Waals surface area contributed by atoms with Gasteiger partial charge in [-0.25, -0.2) is 0 Å². The third kappa shape index (κ3) is 3.19. The van der Waals surface area contributed by atoms with Crippen molar-refractivity contribution in [1.82, 2.24) is 15.5 Å². The fourth-order valence-corrected chi connectivity index (χ4v) is 2.00. The van der Waals surface area contributed by atoms with Gasteiger partial charge in [-0.2, -0.15) is 18.3 Å². The van der Waals surface area contributed by atoms with E-state index in [0.29, 0.717) is 17.7 Å². The van der Waals surface area contributed by atoms with Gasteiger partial charge in [0.25, 0.3) is 0 Å². The molecule has 6 heteroatoms. The summed E-state index contributed by atoms with van der Waals surface area (Å²) in [4.78, 5) is 0. The summed E-state index contributed by atoms with van der Waals surface area (Å²) in [5.41, 5.74) is 1.37. The second kappa shape index (κ2) is 5.66. The smallest absolute Gasteiger partial charge is 0.317 e. The van der Waals surface area contributed by atoms with Crippen LogP contribution in [0.25, 0.3) is 11.3 Å². The molecule has 0 aliphatic rings. The van der Waals surface area contributed by atoms with Crippen molar-refractivity contribution in [3.63, 3.8) is 0 Å². The fraction of sp³-hybridized carbons (Fsp3) is 0.357. The molecule has 3 nitrogen and oxygen atoms in total. The number of halogens is 3.